The molecule has 18 heavy (non-hydrogen) atoms. The molecule has 1 aliphatic rings. The van der Waals surface area contributed by atoms with E-state index in [1.165, 1.54) is 10.8 Å². The third-order valence-corrected chi connectivity index (χ3v) is 4.06. The van der Waals surface area contributed by atoms with Gasteiger partial charge in [-0.3, -0.25) is 14.3 Å². The number of aromatic amines is 1. The highest BCUT2D eigenvalue weighted by Crippen LogP contribution is 2.38. The monoisotopic (exact) mass is 386 g/mol. The van der Waals surface area contributed by atoms with Crippen molar-refractivity contribution in [3.8, 4) is 0 Å². The molecule has 1 fully saturated rings. The normalized spacial score (nSPS) is 31.8. The van der Waals surface area contributed by atoms with Crippen LogP contribution >= 0.6 is 35.2 Å². The number of nitrogens with zero attached hydrogens (tertiary/aromatic N) is 1. The number of hydrogen-bond acceptors (Lipinski definition) is 6. The van der Waals surface area contributed by atoms with Crippen molar-refractivity contribution in [2.75, 3.05) is 6.61 Å². The Labute approximate surface area is 120 Å². The topological polar surface area (TPSA) is 105 Å². The fourth-order valence-corrected chi connectivity index (χ4v) is 2.39. The summed E-state index contributed by atoms with van der Waals surface area (Å²) in [6, 6.07) is 0. The van der Waals surface area contributed by atoms with Gasteiger partial charge in [0.25, 0.3) is 5.56 Å². The summed E-state index contributed by atoms with van der Waals surface area (Å²) < 4.78 is 6.87. The molecule has 0 radical (unpaired) electrons. The van der Waals surface area contributed by atoms with Crippen LogP contribution in [0.5, 0.6) is 0 Å². The lowest BCUT2D eigenvalue weighted by Gasteiger charge is -2.23. The van der Waals surface area contributed by atoms with E-state index in [1.54, 1.807) is 22.6 Å². The minimum atomic E-state index is -1.40. The Hall–Kier alpha value is -0.360. The van der Waals surface area contributed by atoms with Gasteiger partial charge in [-0.2, -0.15) is 0 Å². The van der Waals surface area contributed by atoms with Crippen LogP contribution in [-0.4, -0.2) is 37.4 Å². The second kappa shape index (κ2) is 4.96. The average Bonchev–Trinajstić information content (AvgIpc) is 2.61. The fourth-order valence-electron chi connectivity index (χ4n) is 1.73. The Morgan fingerprint density at radius 3 is 2.89 bits per heavy atom. The zero-order chi connectivity index (χ0) is 13.5. The summed E-state index contributed by atoms with van der Waals surface area (Å²) in [5.41, 5.74) is -1.11. The Morgan fingerprint density at radius 2 is 2.33 bits per heavy atom. The van der Waals surface area contributed by atoms with Gasteiger partial charge >= 0.3 is 5.69 Å². The summed E-state index contributed by atoms with van der Waals surface area (Å²) in [5.74, 6) is 0. The largest absolute Gasteiger partial charge is 0.392 e. The number of H-pyrrole nitrogens is 1. The minimum Gasteiger partial charge on any atom is -0.392 e. The van der Waals surface area contributed by atoms with Crippen LogP contribution in [0.25, 0.3) is 0 Å². The molecule has 3 atom stereocenters. The molecule has 2 heterocycles. The molecule has 1 saturated heterocycles. The van der Waals surface area contributed by atoms with Crippen molar-refractivity contribution >= 4 is 35.2 Å². The molecule has 1 aromatic heterocycles. The van der Waals surface area contributed by atoms with E-state index in [-0.39, 0.29) is 6.42 Å². The van der Waals surface area contributed by atoms with E-state index in [1.807, 2.05) is 0 Å². The number of aliphatic hydroxyl groups is 2. The van der Waals surface area contributed by atoms with Gasteiger partial charge in [-0.05, 0) is 22.6 Å². The molecule has 2 rings (SSSR count). The van der Waals surface area contributed by atoms with Crippen molar-refractivity contribution in [1.29, 1.82) is 0 Å². The second-order valence-corrected chi connectivity index (χ2v) is 5.89. The lowest BCUT2D eigenvalue weighted by molar-refractivity contribution is -0.0680. The zero-order valence-electron chi connectivity index (χ0n) is 9.04. The van der Waals surface area contributed by atoms with Gasteiger partial charge in [0, 0.05) is 12.6 Å². The molecular formula is C9H11IN2O5S. The Morgan fingerprint density at radius 1 is 1.67 bits per heavy atom. The van der Waals surface area contributed by atoms with Crippen molar-refractivity contribution in [3.05, 3.63) is 30.6 Å². The van der Waals surface area contributed by atoms with Crippen LogP contribution in [0.2, 0.25) is 0 Å². The first kappa shape index (κ1) is 14.1. The highest BCUT2D eigenvalue weighted by molar-refractivity contribution is 14.1. The average molecular weight is 386 g/mol. The number of hydrogen-bond donors (Lipinski definition) is 4. The van der Waals surface area contributed by atoms with E-state index in [2.05, 4.69) is 17.6 Å². The van der Waals surface area contributed by atoms with Gasteiger partial charge in [-0.25, -0.2) is 4.79 Å². The summed E-state index contributed by atoms with van der Waals surface area (Å²) >= 11 is 5.84. The number of rotatable bonds is 2. The van der Waals surface area contributed by atoms with Gasteiger partial charge in [-0.1, -0.05) is 0 Å². The molecule has 0 unspecified atom stereocenters. The van der Waals surface area contributed by atoms with E-state index in [0.29, 0.717) is 3.57 Å². The van der Waals surface area contributed by atoms with Gasteiger partial charge in [-0.15, -0.1) is 12.6 Å². The molecule has 0 aliphatic carbocycles. The van der Waals surface area contributed by atoms with Crippen LogP contribution in [-0.2, 0) is 4.74 Å². The number of thiol groups is 1. The summed E-state index contributed by atoms with van der Waals surface area (Å²) in [7, 11) is 0. The molecule has 1 aliphatic heterocycles. The maximum Gasteiger partial charge on any atom is 0.330 e. The van der Waals surface area contributed by atoms with Gasteiger partial charge in [0.2, 0.25) is 0 Å². The Bertz CT molecular complexity index is 573. The molecule has 0 aromatic carbocycles. The molecule has 9 heteroatoms. The lowest BCUT2D eigenvalue weighted by atomic mass is 10.2. The summed E-state index contributed by atoms with van der Waals surface area (Å²) in [6.45, 7) is -0.483. The van der Waals surface area contributed by atoms with Crippen LogP contribution < -0.4 is 11.2 Å². The summed E-state index contributed by atoms with van der Waals surface area (Å²) in [5, 5.41) is 18.9. The smallest absolute Gasteiger partial charge is 0.330 e. The summed E-state index contributed by atoms with van der Waals surface area (Å²) in [6.07, 6.45) is -0.336. The van der Waals surface area contributed by atoms with E-state index < -0.39 is 35.1 Å². The Balaban J connectivity index is 2.38. The van der Waals surface area contributed by atoms with E-state index in [4.69, 9.17) is 9.84 Å². The predicted molar refractivity (Wildman–Crippen MR) is 73.6 cm³/mol. The first-order chi connectivity index (χ1) is 8.37. The van der Waals surface area contributed by atoms with E-state index in [0.717, 1.165) is 0 Å². The third-order valence-electron chi connectivity index (χ3n) is 2.75. The van der Waals surface area contributed by atoms with Gasteiger partial charge in [0.1, 0.15) is 6.23 Å². The van der Waals surface area contributed by atoms with Crippen LogP contribution in [0.1, 0.15) is 12.6 Å². The van der Waals surface area contributed by atoms with Gasteiger partial charge in [0.15, 0.2) is 4.93 Å². The first-order valence-electron chi connectivity index (χ1n) is 5.07. The van der Waals surface area contributed by atoms with E-state index >= 15 is 0 Å². The van der Waals surface area contributed by atoms with Crippen LogP contribution in [0.4, 0.5) is 0 Å². The summed E-state index contributed by atoms with van der Waals surface area (Å²) in [4.78, 5) is 23.6. The van der Waals surface area contributed by atoms with Crippen molar-refractivity contribution in [2.45, 2.75) is 23.7 Å². The number of aromatic nitrogens is 2. The van der Waals surface area contributed by atoms with Crippen molar-refractivity contribution in [2.24, 2.45) is 0 Å². The Kier molecular flexibility index (Phi) is 3.88. The minimum absolute atomic E-state index is 0.103. The maximum absolute atomic E-state index is 11.6. The van der Waals surface area contributed by atoms with Crippen molar-refractivity contribution in [1.82, 2.24) is 9.55 Å². The molecule has 0 spiro atoms. The maximum atomic E-state index is 11.6. The number of ether oxygens (including phenoxy) is 1. The standard InChI is InChI=1S/C9H11IN2O5S/c10-4-2-12(8(16)11-7(4)15)6-1-5(14)9(18,3-13)17-6/h2,5-6,13-14,18H,1,3H2,(H,11,15,16)/t5-,6+,9-/m0/s1. The van der Waals surface area contributed by atoms with Crippen LogP contribution in [0.15, 0.2) is 15.8 Å². The fraction of sp³-hybridized carbons (Fsp3) is 0.556. The number of nitrogens with one attached hydrogen (secondary N) is 1. The predicted octanol–water partition coefficient (Wildman–Crippen LogP) is -0.961. The molecule has 0 bridgehead atoms. The van der Waals surface area contributed by atoms with Gasteiger partial charge in [0.05, 0.1) is 16.3 Å². The van der Waals surface area contributed by atoms with E-state index in [9.17, 15) is 14.7 Å². The molecular weight excluding hydrogens is 375 g/mol. The lowest BCUT2D eigenvalue weighted by Crippen LogP contribution is -2.37. The highest BCUT2D eigenvalue weighted by Gasteiger charge is 2.46. The highest BCUT2D eigenvalue weighted by atomic mass is 127. The van der Waals surface area contributed by atoms with Crippen molar-refractivity contribution < 1.29 is 14.9 Å². The molecule has 100 valence electrons. The number of aliphatic hydroxyl groups excluding tert-OH is 2. The number of halogens is 1. The first-order valence-corrected chi connectivity index (χ1v) is 6.60. The zero-order valence-corrected chi connectivity index (χ0v) is 12.1. The molecule has 0 saturated carbocycles. The van der Waals surface area contributed by atoms with Crippen LogP contribution in [0.3, 0.4) is 0 Å². The second-order valence-electron chi connectivity index (χ2n) is 3.97. The molecule has 0 amide bonds. The molecule has 7 nitrogen and oxygen atoms in total. The van der Waals surface area contributed by atoms with Crippen molar-refractivity contribution in [3.63, 3.8) is 0 Å². The van der Waals surface area contributed by atoms with Crippen LogP contribution in [0, 0.1) is 3.57 Å². The third kappa shape index (κ3) is 2.37. The molecule has 3 N–H and O–H groups in total. The SMILES string of the molecule is O=c1[nH]c(=O)n([C@H]2C[C@H](O)[C@@](S)(CO)O2)cc1I. The molecule has 1 aromatic rings. The van der Waals surface area contributed by atoms with Gasteiger partial charge < -0.3 is 14.9 Å². The quantitative estimate of drug-likeness (QED) is 0.387.